The first kappa shape index (κ1) is 9.81. The number of hydrogen-bond acceptors (Lipinski definition) is 4. The van der Waals surface area contributed by atoms with Crippen LogP contribution in [0.25, 0.3) is 6.08 Å². The lowest BCUT2D eigenvalue weighted by Gasteiger charge is -2.00. The molecular weight excluding hydrogens is 180 g/mol. The van der Waals surface area contributed by atoms with Crippen molar-refractivity contribution in [1.29, 1.82) is 0 Å². The van der Waals surface area contributed by atoms with Gasteiger partial charge in [0.1, 0.15) is 11.4 Å². The van der Waals surface area contributed by atoms with Crippen LogP contribution in [-0.4, -0.2) is 12.2 Å². The molecule has 0 N–H and O–H groups in total. The normalized spacial score (nSPS) is 8.29. The molecule has 0 fully saturated rings. The van der Waals surface area contributed by atoms with Crippen LogP contribution < -0.4 is 0 Å². The molecule has 0 aliphatic rings. The van der Waals surface area contributed by atoms with Crippen molar-refractivity contribution in [2.75, 3.05) is 0 Å². The van der Waals surface area contributed by atoms with Crippen LogP contribution in [0.5, 0.6) is 0 Å². The monoisotopic (exact) mass is 186 g/mol. The third-order valence-electron chi connectivity index (χ3n) is 1.59. The van der Waals surface area contributed by atoms with Gasteiger partial charge < -0.3 is 0 Å². The molecule has 1 aromatic rings. The molecule has 0 heterocycles. The van der Waals surface area contributed by atoms with Crippen molar-refractivity contribution in [2.24, 2.45) is 9.98 Å². The van der Waals surface area contributed by atoms with E-state index >= 15 is 0 Å². The van der Waals surface area contributed by atoms with Crippen LogP contribution in [0.1, 0.15) is 5.56 Å². The van der Waals surface area contributed by atoms with Gasteiger partial charge in [0.15, 0.2) is 0 Å². The number of isocyanates is 2. The minimum Gasteiger partial charge on any atom is -0.211 e. The van der Waals surface area contributed by atoms with Gasteiger partial charge in [-0.3, -0.25) is 0 Å². The van der Waals surface area contributed by atoms with E-state index in [9.17, 15) is 9.59 Å². The Morgan fingerprint density at radius 3 is 2.50 bits per heavy atom. The fraction of sp³-hybridized carbons (Fsp3) is 0. The van der Waals surface area contributed by atoms with Gasteiger partial charge in [-0.15, -0.1) is 0 Å². The van der Waals surface area contributed by atoms with Crippen LogP contribution in [0.2, 0.25) is 0 Å². The van der Waals surface area contributed by atoms with Gasteiger partial charge in [-0.1, -0.05) is 24.8 Å². The first-order valence-corrected chi connectivity index (χ1v) is 3.74. The standard InChI is InChI=1S/C10H6N2O2/c1-2-8-4-3-5-9(11-6-13)10(8)12-7-14/h2-5H,1H2. The Labute approximate surface area is 80.3 Å². The molecule has 0 atom stereocenters. The molecule has 0 bridgehead atoms. The second-order valence-corrected chi connectivity index (χ2v) is 2.33. The molecule has 0 spiro atoms. The molecule has 0 aromatic heterocycles. The van der Waals surface area contributed by atoms with Gasteiger partial charge in [0, 0.05) is 5.56 Å². The van der Waals surface area contributed by atoms with Gasteiger partial charge in [-0.25, -0.2) is 9.59 Å². The maximum Gasteiger partial charge on any atom is 0.240 e. The number of aliphatic imine (C=N–C) groups is 2. The Morgan fingerprint density at radius 2 is 1.93 bits per heavy atom. The van der Waals surface area contributed by atoms with Crippen LogP contribution in [-0.2, 0) is 9.59 Å². The largest absolute Gasteiger partial charge is 0.240 e. The zero-order chi connectivity index (χ0) is 10.4. The van der Waals surface area contributed by atoms with Gasteiger partial charge in [0.05, 0.1) is 0 Å². The highest BCUT2D eigenvalue weighted by molar-refractivity contribution is 5.77. The van der Waals surface area contributed by atoms with Crippen LogP contribution in [0.3, 0.4) is 0 Å². The Kier molecular flexibility index (Phi) is 3.27. The SMILES string of the molecule is C=Cc1cccc(N=C=O)c1N=C=O. The van der Waals surface area contributed by atoms with Crippen LogP contribution in [0.4, 0.5) is 11.4 Å². The van der Waals surface area contributed by atoms with Crippen molar-refractivity contribution >= 4 is 29.6 Å². The Balaban J connectivity index is 3.49. The number of benzene rings is 1. The topological polar surface area (TPSA) is 58.9 Å². The van der Waals surface area contributed by atoms with Crippen LogP contribution >= 0.6 is 0 Å². The molecule has 0 radical (unpaired) electrons. The number of carbonyl (C=O) groups excluding carboxylic acids is 2. The Hall–Kier alpha value is -2.28. The summed E-state index contributed by atoms with van der Waals surface area (Å²) in [6, 6.07) is 4.93. The van der Waals surface area contributed by atoms with E-state index in [1.807, 2.05) is 0 Å². The minimum absolute atomic E-state index is 0.278. The van der Waals surface area contributed by atoms with Crippen molar-refractivity contribution in [2.45, 2.75) is 0 Å². The highest BCUT2D eigenvalue weighted by atomic mass is 16.1. The summed E-state index contributed by atoms with van der Waals surface area (Å²) < 4.78 is 0. The smallest absolute Gasteiger partial charge is 0.211 e. The highest BCUT2D eigenvalue weighted by Gasteiger charge is 2.03. The predicted molar refractivity (Wildman–Crippen MR) is 52.1 cm³/mol. The number of nitrogens with zero attached hydrogens (tertiary/aromatic N) is 2. The molecule has 0 aliphatic carbocycles. The van der Waals surface area contributed by atoms with Crippen LogP contribution in [0.15, 0.2) is 34.8 Å². The van der Waals surface area contributed by atoms with E-state index < -0.39 is 0 Å². The molecule has 0 saturated heterocycles. The molecular formula is C10H6N2O2. The molecule has 68 valence electrons. The second kappa shape index (κ2) is 4.67. The van der Waals surface area contributed by atoms with Crippen molar-refractivity contribution in [3.8, 4) is 0 Å². The summed E-state index contributed by atoms with van der Waals surface area (Å²) in [6.07, 6.45) is 4.29. The quantitative estimate of drug-likeness (QED) is 0.537. The zero-order valence-corrected chi connectivity index (χ0v) is 7.23. The summed E-state index contributed by atoms with van der Waals surface area (Å²) in [6.45, 7) is 3.55. The van der Waals surface area contributed by atoms with Gasteiger partial charge >= 0.3 is 0 Å². The maximum absolute atomic E-state index is 10.1. The van der Waals surface area contributed by atoms with Crippen molar-refractivity contribution in [1.82, 2.24) is 0 Å². The molecule has 0 amide bonds. The van der Waals surface area contributed by atoms with E-state index in [0.717, 1.165) is 0 Å². The van der Waals surface area contributed by atoms with Gasteiger partial charge in [0.2, 0.25) is 12.2 Å². The van der Waals surface area contributed by atoms with Gasteiger partial charge in [-0.05, 0) is 6.07 Å². The van der Waals surface area contributed by atoms with E-state index in [0.29, 0.717) is 5.56 Å². The predicted octanol–water partition coefficient (Wildman–Crippen LogP) is 2.26. The first-order chi connectivity index (χ1) is 6.83. The Morgan fingerprint density at radius 1 is 1.21 bits per heavy atom. The number of para-hydroxylation sites is 1. The fourth-order valence-electron chi connectivity index (χ4n) is 1.02. The summed E-state index contributed by atoms with van der Waals surface area (Å²) in [5.74, 6) is 0. The van der Waals surface area contributed by atoms with Crippen molar-refractivity contribution in [3.05, 3.63) is 30.3 Å². The Bertz CT molecular complexity index is 453. The first-order valence-electron chi connectivity index (χ1n) is 3.74. The van der Waals surface area contributed by atoms with Crippen molar-refractivity contribution in [3.63, 3.8) is 0 Å². The summed E-state index contributed by atoms with van der Waals surface area (Å²) in [5.41, 5.74) is 1.17. The number of rotatable bonds is 3. The second-order valence-electron chi connectivity index (χ2n) is 2.33. The van der Waals surface area contributed by atoms with Gasteiger partial charge in [-0.2, -0.15) is 9.98 Å². The maximum atomic E-state index is 10.1. The molecule has 14 heavy (non-hydrogen) atoms. The van der Waals surface area contributed by atoms with E-state index in [4.69, 9.17) is 0 Å². The molecule has 0 saturated carbocycles. The van der Waals surface area contributed by atoms with Crippen LogP contribution in [0, 0.1) is 0 Å². The number of hydrogen-bond donors (Lipinski definition) is 0. The molecule has 4 nitrogen and oxygen atoms in total. The van der Waals surface area contributed by atoms with E-state index in [2.05, 4.69) is 16.6 Å². The van der Waals surface area contributed by atoms with Crippen molar-refractivity contribution < 1.29 is 9.59 Å². The summed E-state index contributed by atoms with van der Waals surface area (Å²) in [5, 5.41) is 0. The third-order valence-corrected chi connectivity index (χ3v) is 1.59. The van der Waals surface area contributed by atoms with Gasteiger partial charge in [0.25, 0.3) is 0 Å². The average Bonchev–Trinajstić information content (AvgIpc) is 2.21. The molecule has 1 rings (SSSR count). The molecule has 4 heteroatoms. The molecule has 0 aliphatic heterocycles. The molecule has 1 aromatic carbocycles. The average molecular weight is 186 g/mol. The fourth-order valence-corrected chi connectivity index (χ4v) is 1.02. The lowest BCUT2D eigenvalue weighted by molar-refractivity contribution is 0.564. The summed E-state index contributed by atoms with van der Waals surface area (Å²) >= 11 is 0. The summed E-state index contributed by atoms with van der Waals surface area (Å²) in [4.78, 5) is 27.1. The highest BCUT2D eigenvalue weighted by Crippen LogP contribution is 2.31. The van der Waals surface area contributed by atoms with E-state index in [-0.39, 0.29) is 11.4 Å². The van der Waals surface area contributed by atoms with E-state index in [1.165, 1.54) is 18.2 Å². The molecule has 0 unspecified atom stereocenters. The lowest BCUT2D eigenvalue weighted by atomic mass is 10.1. The third kappa shape index (κ3) is 1.90. The lowest BCUT2D eigenvalue weighted by Crippen LogP contribution is -1.75. The summed E-state index contributed by atoms with van der Waals surface area (Å²) in [7, 11) is 0. The minimum atomic E-state index is 0.278. The zero-order valence-electron chi connectivity index (χ0n) is 7.23. The van der Waals surface area contributed by atoms with E-state index in [1.54, 1.807) is 18.2 Å².